The van der Waals surface area contributed by atoms with Crippen LogP contribution in [-0.2, 0) is 24.4 Å². The van der Waals surface area contributed by atoms with E-state index in [1.807, 2.05) is 0 Å². The fourth-order valence-electron chi connectivity index (χ4n) is 1.99. The van der Waals surface area contributed by atoms with Crippen LogP contribution in [0, 0.1) is 5.92 Å². The van der Waals surface area contributed by atoms with Gasteiger partial charge in [-0.1, -0.05) is 13.8 Å². The lowest BCUT2D eigenvalue weighted by atomic mass is 10.2. The molecule has 1 aromatic heterocycles. The predicted octanol–water partition coefficient (Wildman–Crippen LogP) is 0.654. The van der Waals surface area contributed by atoms with Crippen LogP contribution in [0.2, 0.25) is 0 Å². The molecule has 2 heterocycles. The fraction of sp³-hybridized carbons (Fsp3) is 0.600. The highest BCUT2D eigenvalue weighted by atomic mass is 32.2. The molecule has 1 aromatic rings. The van der Waals surface area contributed by atoms with E-state index in [1.54, 1.807) is 6.20 Å². The van der Waals surface area contributed by atoms with E-state index < -0.39 is 11.3 Å². The van der Waals surface area contributed by atoms with Crippen molar-refractivity contribution in [2.75, 3.05) is 11.3 Å². The summed E-state index contributed by atoms with van der Waals surface area (Å²) in [4.78, 5) is 10.4. The maximum Gasteiger partial charge on any atom is 0.234 e. The van der Waals surface area contributed by atoms with Crippen molar-refractivity contribution in [3.05, 3.63) is 17.5 Å². The van der Waals surface area contributed by atoms with Gasteiger partial charge in [-0.2, -0.15) is 0 Å². The average molecular weight is 255 g/mol. The standard InChI is InChI=1S/C10H16N4O2S/c1-7(2)4-14-5-8-3-11-10(13-17(15)16)12-9(8)6-14/h3,7H,4-6H2,1-2H3,(H,15,16)(H,11,12,13)/p-1. The topological polar surface area (TPSA) is 81.2 Å². The van der Waals surface area contributed by atoms with E-state index in [1.165, 1.54) is 0 Å². The number of nitrogens with zero attached hydrogens (tertiary/aromatic N) is 3. The maximum absolute atomic E-state index is 10.5. The van der Waals surface area contributed by atoms with Gasteiger partial charge in [0.05, 0.1) is 5.69 Å². The SMILES string of the molecule is CC(C)CN1Cc2cnc(NS(=O)[O-])nc2C1. The van der Waals surface area contributed by atoms with Crippen LogP contribution in [0.3, 0.4) is 0 Å². The molecule has 0 aliphatic carbocycles. The second kappa shape index (κ2) is 5.07. The molecule has 94 valence electrons. The van der Waals surface area contributed by atoms with Crippen molar-refractivity contribution in [2.24, 2.45) is 5.92 Å². The first-order valence-electron chi connectivity index (χ1n) is 5.47. The Hall–Kier alpha value is -1.05. The maximum atomic E-state index is 10.5. The predicted molar refractivity (Wildman–Crippen MR) is 63.5 cm³/mol. The summed E-state index contributed by atoms with van der Waals surface area (Å²) < 4.78 is 23.1. The third-order valence-electron chi connectivity index (χ3n) is 2.52. The van der Waals surface area contributed by atoms with Crippen molar-refractivity contribution in [3.8, 4) is 0 Å². The summed E-state index contributed by atoms with van der Waals surface area (Å²) in [6, 6.07) is 0. The molecular weight excluding hydrogens is 240 g/mol. The smallest absolute Gasteiger partial charge is 0.234 e. The summed E-state index contributed by atoms with van der Waals surface area (Å²) in [7, 11) is 0. The quantitative estimate of drug-likeness (QED) is 0.799. The molecule has 1 atom stereocenters. The summed E-state index contributed by atoms with van der Waals surface area (Å²) in [5, 5.41) is 0. The van der Waals surface area contributed by atoms with E-state index in [2.05, 4.69) is 33.4 Å². The molecule has 0 radical (unpaired) electrons. The molecular formula is C10H15N4O2S-. The van der Waals surface area contributed by atoms with Crippen LogP contribution in [0.1, 0.15) is 25.1 Å². The van der Waals surface area contributed by atoms with Gasteiger partial charge in [0.2, 0.25) is 5.95 Å². The van der Waals surface area contributed by atoms with Gasteiger partial charge in [0.1, 0.15) is 0 Å². The van der Waals surface area contributed by atoms with Crippen molar-refractivity contribution in [1.29, 1.82) is 0 Å². The molecule has 0 amide bonds. The van der Waals surface area contributed by atoms with Gasteiger partial charge in [0.25, 0.3) is 0 Å². The van der Waals surface area contributed by atoms with Gasteiger partial charge < -0.3 is 4.55 Å². The lowest BCUT2D eigenvalue weighted by Crippen LogP contribution is -2.21. The Morgan fingerprint density at radius 3 is 3.00 bits per heavy atom. The zero-order valence-corrected chi connectivity index (χ0v) is 10.7. The molecule has 1 N–H and O–H groups in total. The molecule has 6 nitrogen and oxygen atoms in total. The summed E-state index contributed by atoms with van der Waals surface area (Å²) >= 11 is -2.37. The monoisotopic (exact) mass is 255 g/mol. The molecule has 0 saturated carbocycles. The highest BCUT2D eigenvalue weighted by molar-refractivity contribution is 7.80. The molecule has 1 aliphatic heterocycles. The molecule has 0 fully saturated rings. The molecule has 0 bridgehead atoms. The van der Waals surface area contributed by atoms with Crippen molar-refractivity contribution < 1.29 is 8.76 Å². The van der Waals surface area contributed by atoms with Crippen LogP contribution in [0.4, 0.5) is 5.95 Å². The highest BCUT2D eigenvalue weighted by Crippen LogP contribution is 2.21. The number of fused-ring (bicyclic) bond motifs is 1. The van der Waals surface area contributed by atoms with Gasteiger partial charge in [-0.15, -0.1) is 0 Å². The van der Waals surface area contributed by atoms with Crippen LogP contribution in [0.25, 0.3) is 0 Å². The van der Waals surface area contributed by atoms with Crippen molar-refractivity contribution >= 4 is 17.2 Å². The Morgan fingerprint density at radius 1 is 1.59 bits per heavy atom. The number of hydrogen-bond donors (Lipinski definition) is 1. The second-order valence-electron chi connectivity index (χ2n) is 4.57. The fourth-order valence-corrected chi connectivity index (χ4v) is 2.24. The van der Waals surface area contributed by atoms with Crippen molar-refractivity contribution in [3.63, 3.8) is 0 Å². The summed E-state index contributed by atoms with van der Waals surface area (Å²) in [5.41, 5.74) is 1.99. The van der Waals surface area contributed by atoms with Crippen molar-refractivity contribution in [1.82, 2.24) is 14.9 Å². The zero-order valence-electron chi connectivity index (χ0n) is 9.84. The number of hydrogen-bond acceptors (Lipinski definition) is 5. The minimum Gasteiger partial charge on any atom is -0.755 e. The minimum absolute atomic E-state index is 0.142. The normalized spacial score (nSPS) is 17.2. The van der Waals surface area contributed by atoms with Crippen LogP contribution in [0.15, 0.2) is 6.20 Å². The summed E-state index contributed by atoms with van der Waals surface area (Å²) in [6.07, 6.45) is 1.69. The molecule has 0 saturated heterocycles. The summed E-state index contributed by atoms with van der Waals surface area (Å²) in [6.45, 7) is 6.95. The minimum atomic E-state index is -2.37. The van der Waals surface area contributed by atoms with Gasteiger partial charge in [-0.25, -0.2) is 9.97 Å². The lowest BCUT2D eigenvalue weighted by Gasteiger charge is -2.16. The number of rotatable bonds is 4. The first kappa shape index (κ1) is 12.4. The third kappa shape index (κ3) is 3.21. The third-order valence-corrected chi connectivity index (χ3v) is 2.87. The van der Waals surface area contributed by atoms with Gasteiger partial charge in [0.15, 0.2) is 0 Å². The van der Waals surface area contributed by atoms with E-state index >= 15 is 0 Å². The Balaban J connectivity index is 2.08. The Morgan fingerprint density at radius 2 is 2.35 bits per heavy atom. The molecule has 0 aromatic carbocycles. The van der Waals surface area contributed by atoms with E-state index in [4.69, 9.17) is 0 Å². The molecule has 2 rings (SSSR count). The van der Waals surface area contributed by atoms with Gasteiger partial charge in [-0.3, -0.25) is 13.8 Å². The number of aromatic nitrogens is 2. The zero-order chi connectivity index (χ0) is 12.4. The second-order valence-corrected chi connectivity index (χ2v) is 5.24. The molecule has 7 heteroatoms. The van der Waals surface area contributed by atoms with Crippen LogP contribution >= 0.6 is 0 Å². The largest absolute Gasteiger partial charge is 0.755 e. The van der Waals surface area contributed by atoms with Crippen molar-refractivity contribution in [2.45, 2.75) is 26.9 Å². The average Bonchev–Trinajstić information content (AvgIpc) is 2.56. The van der Waals surface area contributed by atoms with E-state index in [0.29, 0.717) is 5.92 Å². The molecule has 1 aliphatic rings. The molecule has 17 heavy (non-hydrogen) atoms. The number of anilines is 1. The Kier molecular flexibility index (Phi) is 3.70. The van der Waals surface area contributed by atoms with Crippen LogP contribution in [-0.4, -0.2) is 30.2 Å². The van der Waals surface area contributed by atoms with Crippen LogP contribution < -0.4 is 4.72 Å². The van der Waals surface area contributed by atoms with Gasteiger partial charge >= 0.3 is 0 Å². The van der Waals surface area contributed by atoms with E-state index in [9.17, 15) is 8.76 Å². The first-order valence-corrected chi connectivity index (χ1v) is 6.55. The highest BCUT2D eigenvalue weighted by Gasteiger charge is 2.21. The molecule has 0 spiro atoms. The lowest BCUT2D eigenvalue weighted by molar-refractivity contribution is 0.250. The first-order chi connectivity index (χ1) is 8.04. The molecule has 1 unspecified atom stereocenters. The van der Waals surface area contributed by atoms with Gasteiger partial charge in [-0.05, 0) is 5.92 Å². The Bertz CT molecular complexity index is 438. The van der Waals surface area contributed by atoms with E-state index in [0.717, 1.165) is 30.9 Å². The van der Waals surface area contributed by atoms with E-state index in [-0.39, 0.29) is 5.95 Å². The number of nitrogens with one attached hydrogen (secondary N) is 1. The summed E-state index contributed by atoms with van der Waals surface area (Å²) in [5.74, 6) is 0.743. The van der Waals surface area contributed by atoms with Crippen LogP contribution in [0.5, 0.6) is 0 Å². The Labute approximate surface area is 103 Å². The van der Waals surface area contributed by atoms with Gasteiger partial charge in [0, 0.05) is 42.7 Å².